The first kappa shape index (κ1) is 70.0. The lowest BCUT2D eigenvalue weighted by Gasteiger charge is -2.42. The SMILES string of the molecule is C=CCOC(=O)O[C@@H]1[C@@H](OC(=O)OCC=C)[C@H](Oc2ccc(COC(=O)N(C)CN3C(=O)CCC(N4Cc5cc(CNC(=O)Nc6ccc(CCOCCN(C)C(=O)OCC=C)c(Cl)c6)ccc5C4=O)C3=O)cc2N)O[C@H](C(=O)OCC=C)[C@H]1OC(=O)OCC=C. The molecule has 1 unspecified atom stereocenters. The molecule has 3 aromatic carbocycles. The number of benzene rings is 3. The number of likely N-dealkylation sites (N-methyl/N-ethyl adjacent to an activating group) is 1. The van der Waals surface area contributed by atoms with Crippen molar-refractivity contribution in [3.8, 4) is 5.75 Å². The molecule has 2 fully saturated rings. The molecular formula is C61H70ClN7O22. The van der Waals surface area contributed by atoms with E-state index in [-0.39, 0.29) is 82.6 Å². The van der Waals surface area contributed by atoms with Gasteiger partial charge in [-0.1, -0.05) is 99.1 Å². The number of hydrogen-bond acceptors (Lipinski definition) is 23. The highest BCUT2D eigenvalue weighted by atomic mass is 35.5. The third-order valence-corrected chi connectivity index (χ3v) is 13.8. The van der Waals surface area contributed by atoms with Crippen molar-refractivity contribution in [1.82, 2.24) is 24.9 Å². The summed E-state index contributed by atoms with van der Waals surface area (Å²) in [4.78, 5) is 136. The Kier molecular flexibility index (Phi) is 26.6. The van der Waals surface area contributed by atoms with Crippen molar-refractivity contribution < 1.29 is 105 Å². The number of amides is 7. The van der Waals surface area contributed by atoms with Gasteiger partial charge in [-0.3, -0.25) is 24.2 Å². The minimum Gasteiger partial charge on any atom is -0.459 e. The molecule has 3 aliphatic rings. The zero-order valence-corrected chi connectivity index (χ0v) is 50.7. The molecule has 3 heterocycles. The second-order valence-electron chi connectivity index (χ2n) is 19.9. The molecule has 6 rings (SSSR count). The molecule has 0 aromatic heterocycles. The smallest absolute Gasteiger partial charge is 0.459 e. The summed E-state index contributed by atoms with van der Waals surface area (Å²) in [5.41, 5.74) is 9.34. The number of halogens is 1. The van der Waals surface area contributed by atoms with Gasteiger partial charge in [-0.25, -0.2) is 33.6 Å². The van der Waals surface area contributed by atoms with Gasteiger partial charge in [0.15, 0.2) is 18.3 Å². The number of rotatable bonds is 30. The largest absolute Gasteiger partial charge is 0.509 e. The summed E-state index contributed by atoms with van der Waals surface area (Å²) in [6.07, 6.45) is -8.85. The Morgan fingerprint density at radius 1 is 0.714 bits per heavy atom. The van der Waals surface area contributed by atoms with Crippen LogP contribution in [0.5, 0.6) is 5.75 Å². The van der Waals surface area contributed by atoms with Gasteiger partial charge in [-0.15, -0.1) is 0 Å². The highest BCUT2D eigenvalue weighted by Crippen LogP contribution is 2.35. The van der Waals surface area contributed by atoms with E-state index in [4.69, 9.17) is 74.2 Å². The molecule has 7 amide bonds. The molecule has 0 aliphatic carbocycles. The number of nitrogens with zero attached hydrogens (tertiary/aromatic N) is 4. The number of hydrogen-bond donors (Lipinski definition) is 3. The van der Waals surface area contributed by atoms with Crippen LogP contribution in [0.3, 0.4) is 0 Å². The van der Waals surface area contributed by atoms with E-state index >= 15 is 0 Å². The van der Waals surface area contributed by atoms with Gasteiger partial charge in [0.05, 0.1) is 18.9 Å². The highest BCUT2D eigenvalue weighted by Gasteiger charge is 2.57. The number of urea groups is 1. The molecule has 0 bridgehead atoms. The second-order valence-corrected chi connectivity index (χ2v) is 20.3. The number of nitrogens with one attached hydrogen (secondary N) is 2. The quantitative estimate of drug-likeness (QED) is 0.0156. The Hall–Kier alpha value is -10.1. The number of ether oxygens (including phenoxy) is 12. The Bertz CT molecular complexity index is 3220. The maximum atomic E-state index is 14.0. The van der Waals surface area contributed by atoms with Crippen molar-refractivity contribution in [3.63, 3.8) is 0 Å². The Morgan fingerprint density at radius 3 is 1.98 bits per heavy atom. The van der Waals surface area contributed by atoms with E-state index in [9.17, 15) is 47.9 Å². The lowest BCUT2D eigenvalue weighted by atomic mass is 9.98. The van der Waals surface area contributed by atoms with E-state index in [2.05, 4.69) is 43.5 Å². The van der Waals surface area contributed by atoms with Crippen molar-refractivity contribution in [3.05, 3.63) is 151 Å². The first-order valence-electron chi connectivity index (χ1n) is 28.1. The summed E-state index contributed by atoms with van der Waals surface area (Å²) in [6.45, 7) is 16.1. The van der Waals surface area contributed by atoms with Gasteiger partial charge in [0.2, 0.25) is 18.3 Å². The maximum absolute atomic E-state index is 14.0. The molecule has 3 aromatic rings. The number of piperidine rings is 1. The predicted octanol–water partition coefficient (Wildman–Crippen LogP) is 6.71. The summed E-state index contributed by atoms with van der Waals surface area (Å²) < 4.78 is 64.6. The van der Waals surface area contributed by atoms with Crippen molar-refractivity contribution in [1.29, 1.82) is 0 Å². The van der Waals surface area contributed by atoms with Crippen LogP contribution in [-0.2, 0) is 92.6 Å². The van der Waals surface area contributed by atoms with Crippen molar-refractivity contribution in [2.45, 2.75) is 75.7 Å². The van der Waals surface area contributed by atoms with Crippen LogP contribution in [0.2, 0.25) is 5.02 Å². The second kappa shape index (κ2) is 34.6. The van der Waals surface area contributed by atoms with Gasteiger partial charge in [-0.05, 0) is 65.4 Å². The van der Waals surface area contributed by atoms with E-state index in [0.29, 0.717) is 47.0 Å². The standard InChI is InChI=1S/C61H70ClN7O22/c1-8-23-81-54(73)50-48(89-59(77)83-25-10-3)49(90-60(78)84-26-11-4)51(91-61(79)85-27-12-5)55(88-50)87-46-19-14-38(31-44(46)63)35-86-58(76)67(7)36-69-47(70)20-18-45(53(69)72)68-34-40-30-37(13-17-42(40)52(68)71)33-64-56(74)65-41-16-15-39(43(62)32-41)21-28-80-29-22-66(6)57(75)82-24-9-2/h8-17,19,30-32,45,48-51,55H,1-5,18,20-29,33-36,63H2,6-7H3,(H2,64,65,74)/t45?,48-,49-,50-,51+,55+/m0/s1. The van der Waals surface area contributed by atoms with Crippen LogP contribution in [0.1, 0.15) is 45.5 Å². The third-order valence-electron chi connectivity index (χ3n) is 13.4. The number of carbonyl (C=O) groups is 10. The number of nitrogen functional groups attached to an aromatic ring is 1. The summed E-state index contributed by atoms with van der Waals surface area (Å²) in [5, 5.41) is 5.94. The van der Waals surface area contributed by atoms with Gasteiger partial charge in [0, 0.05) is 56.4 Å². The molecule has 91 heavy (non-hydrogen) atoms. The van der Waals surface area contributed by atoms with Gasteiger partial charge in [0.25, 0.3) is 11.8 Å². The predicted molar refractivity (Wildman–Crippen MR) is 321 cm³/mol. The molecule has 2 saturated heterocycles. The Balaban J connectivity index is 1.04. The number of anilines is 2. The summed E-state index contributed by atoms with van der Waals surface area (Å²) in [6, 6.07) is 12.5. The molecule has 30 heteroatoms. The maximum Gasteiger partial charge on any atom is 0.509 e. The number of imide groups is 1. The fourth-order valence-corrected chi connectivity index (χ4v) is 9.26. The number of nitrogens with two attached hydrogens (primary N) is 1. The topological polar surface area (TPSA) is 344 Å². The average Bonchev–Trinajstić information content (AvgIpc) is 1.13. The average molecular weight is 1290 g/mol. The molecule has 4 N–H and O–H groups in total. The summed E-state index contributed by atoms with van der Waals surface area (Å²) in [7, 11) is 2.89. The lowest BCUT2D eigenvalue weighted by Crippen LogP contribution is -2.64. The van der Waals surface area contributed by atoms with Crippen LogP contribution in [0, 0.1) is 0 Å². The molecule has 29 nitrogen and oxygen atoms in total. The minimum atomic E-state index is -2.00. The fourth-order valence-electron chi connectivity index (χ4n) is 8.99. The first-order valence-corrected chi connectivity index (χ1v) is 28.4. The van der Waals surface area contributed by atoms with E-state index < -0.39 is 110 Å². The zero-order valence-electron chi connectivity index (χ0n) is 49.9. The van der Waals surface area contributed by atoms with Crippen LogP contribution < -0.4 is 21.1 Å². The van der Waals surface area contributed by atoms with Crippen LogP contribution in [0.4, 0.5) is 40.1 Å². The summed E-state index contributed by atoms with van der Waals surface area (Å²) in [5.74, 6) is -3.15. The number of esters is 1. The molecule has 0 radical (unpaired) electrons. The highest BCUT2D eigenvalue weighted by molar-refractivity contribution is 6.31. The molecular weight excluding hydrogens is 1220 g/mol. The molecule has 488 valence electrons. The lowest BCUT2D eigenvalue weighted by molar-refractivity contribution is -0.276. The Labute approximate surface area is 528 Å². The molecule has 0 saturated carbocycles. The summed E-state index contributed by atoms with van der Waals surface area (Å²) >= 11 is 6.51. The van der Waals surface area contributed by atoms with Crippen molar-refractivity contribution >= 4 is 83.4 Å². The molecule has 3 aliphatic heterocycles. The number of fused-ring (bicyclic) bond motifs is 1. The number of likely N-dealkylation sites (tertiary alicyclic amines) is 1. The van der Waals surface area contributed by atoms with Crippen LogP contribution in [0.15, 0.2) is 118 Å². The fraction of sp³-hybridized carbons (Fsp3) is 0.377. The third kappa shape index (κ3) is 19.9. The molecule has 6 atom stereocenters. The van der Waals surface area contributed by atoms with E-state index in [0.717, 1.165) is 15.4 Å². The monoisotopic (exact) mass is 1290 g/mol. The van der Waals surface area contributed by atoms with E-state index in [1.807, 2.05) is 0 Å². The van der Waals surface area contributed by atoms with Crippen molar-refractivity contribution in [2.75, 3.05) is 84.6 Å². The zero-order chi connectivity index (χ0) is 66.1. The van der Waals surface area contributed by atoms with E-state index in [1.165, 1.54) is 65.4 Å². The van der Waals surface area contributed by atoms with Gasteiger partial charge < -0.3 is 83.0 Å². The number of carbonyl (C=O) groups excluding carboxylic acids is 10. The van der Waals surface area contributed by atoms with E-state index in [1.54, 1.807) is 43.4 Å². The van der Waals surface area contributed by atoms with Crippen LogP contribution >= 0.6 is 11.6 Å². The normalized spacial score (nSPS) is 18.2. The van der Waals surface area contributed by atoms with Crippen molar-refractivity contribution in [2.24, 2.45) is 0 Å². The van der Waals surface area contributed by atoms with Gasteiger partial charge >= 0.3 is 42.7 Å². The minimum absolute atomic E-state index is 0.0250. The Morgan fingerprint density at radius 2 is 1.33 bits per heavy atom. The molecule has 0 spiro atoms. The first-order chi connectivity index (χ1) is 43.7. The van der Waals surface area contributed by atoms with Crippen LogP contribution in [-0.4, -0.2) is 190 Å². The van der Waals surface area contributed by atoms with Gasteiger partial charge in [0.1, 0.15) is 58.1 Å². The van der Waals surface area contributed by atoms with Crippen LogP contribution in [0.25, 0.3) is 0 Å². The van der Waals surface area contributed by atoms with Gasteiger partial charge in [-0.2, -0.15) is 0 Å².